The number of nitrogens with zero attached hydrogens (tertiary/aromatic N) is 2. The van der Waals surface area contributed by atoms with E-state index in [0.717, 1.165) is 29.4 Å². The van der Waals surface area contributed by atoms with Crippen LogP contribution in [-0.4, -0.2) is 21.8 Å². The summed E-state index contributed by atoms with van der Waals surface area (Å²) in [7, 11) is 0. The Bertz CT molecular complexity index is 383. The van der Waals surface area contributed by atoms with Crippen LogP contribution < -0.4 is 5.73 Å². The lowest BCUT2D eigenvalue weighted by Gasteiger charge is -2.14. The van der Waals surface area contributed by atoms with Crippen molar-refractivity contribution >= 4 is 11.8 Å². The summed E-state index contributed by atoms with van der Waals surface area (Å²) in [5, 5.41) is 0.668. The summed E-state index contributed by atoms with van der Waals surface area (Å²) in [5.74, 6) is 2.36. The number of hydrogen-bond acceptors (Lipinski definition) is 4. The van der Waals surface area contributed by atoms with E-state index in [4.69, 9.17) is 5.73 Å². The molecule has 0 saturated carbocycles. The molecule has 0 aliphatic carbocycles. The highest BCUT2D eigenvalue weighted by atomic mass is 32.2. The summed E-state index contributed by atoms with van der Waals surface area (Å²) in [4.78, 5) is 9.31. The lowest BCUT2D eigenvalue weighted by molar-refractivity contribution is 0.585. The van der Waals surface area contributed by atoms with E-state index in [0.29, 0.717) is 17.7 Å². The van der Waals surface area contributed by atoms with Gasteiger partial charge in [0.15, 0.2) is 0 Å². The van der Waals surface area contributed by atoms with Crippen LogP contribution in [-0.2, 0) is 12.2 Å². The fraction of sp³-hybridized carbons (Fsp3) is 0.733. The topological polar surface area (TPSA) is 51.8 Å². The van der Waals surface area contributed by atoms with Crippen LogP contribution in [0.1, 0.15) is 50.0 Å². The van der Waals surface area contributed by atoms with E-state index in [9.17, 15) is 0 Å². The molecule has 2 atom stereocenters. The highest BCUT2D eigenvalue weighted by molar-refractivity contribution is 7.99. The molecule has 108 valence electrons. The molecule has 1 aromatic heterocycles. The normalized spacial score (nSPS) is 14.4. The third kappa shape index (κ3) is 5.11. The van der Waals surface area contributed by atoms with Gasteiger partial charge >= 0.3 is 0 Å². The molecule has 0 aliphatic rings. The Morgan fingerprint density at radius 3 is 2.21 bits per heavy atom. The summed E-state index contributed by atoms with van der Waals surface area (Å²) >= 11 is 1.93. The molecule has 0 spiro atoms. The third-order valence-corrected chi connectivity index (χ3v) is 4.82. The number of hydrogen-bond donors (Lipinski definition) is 1. The van der Waals surface area contributed by atoms with Crippen LogP contribution >= 0.6 is 11.8 Å². The molecule has 1 aromatic rings. The molecular formula is C15H27N3S. The van der Waals surface area contributed by atoms with E-state index >= 15 is 0 Å². The van der Waals surface area contributed by atoms with Crippen molar-refractivity contribution in [3.8, 4) is 0 Å². The van der Waals surface area contributed by atoms with Gasteiger partial charge in [-0.3, -0.25) is 0 Å². The van der Waals surface area contributed by atoms with Gasteiger partial charge in [0.25, 0.3) is 0 Å². The minimum atomic E-state index is 0.487. The van der Waals surface area contributed by atoms with Crippen LogP contribution in [0.5, 0.6) is 0 Å². The first-order valence-corrected chi connectivity index (χ1v) is 8.17. The molecule has 3 nitrogen and oxygen atoms in total. The number of rotatable bonds is 7. The first-order valence-electron chi connectivity index (χ1n) is 7.12. The van der Waals surface area contributed by atoms with Gasteiger partial charge in [-0.2, -0.15) is 11.8 Å². The van der Waals surface area contributed by atoms with Crippen molar-refractivity contribution in [1.29, 1.82) is 0 Å². The third-order valence-electron chi connectivity index (χ3n) is 3.49. The molecule has 19 heavy (non-hydrogen) atoms. The van der Waals surface area contributed by atoms with E-state index in [1.807, 2.05) is 11.8 Å². The molecule has 0 fully saturated rings. The van der Waals surface area contributed by atoms with Crippen LogP contribution in [0, 0.1) is 19.8 Å². The van der Waals surface area contributed by atoms with Gasteiger partial charge < -0.3 is 5.73 Å². The second-order valence-electron chi connectivity index (χ2n) is 5.36. The van der Waals surface area contributed by atoms with Crippen LogP contribution in [0.3, 0.4) is 0 Å². The number of aromatic nitrogens is 2. The van der Waals surface area contributed by atoms with Crippen molar-refractivity contribution in [2.45, 2.75) is 58.5 Å². The maximum absolute atomic E-state index is 5.70. The fourth-order valence-corrected chi connectivity index (χ4v) is 2.73. The smallest absolute Gasteiger partial charge is 0.138 e. The van der Waals surface area contributed by atoms with Crippen LogP contribution in [0.25, 0.3) is 0 Å². The van der Waals surface area contributed by atoms with Gasteiger partial charge in [0.05, 0.1) is 5.75 Å². The minimum Gasteiger partial charge on any atom is -0.330 e. The molecule has 0 saturated heterocycles. The molecule has 4 heteroatoms. The van der Waals surface area contributed by atoms with Crippen molar-refractivity contribution in [2.24, 2.45) is 11.7 Å². The van der Waals surface area contributed by atoms with Crippen molar-refractivity contribution < 1.29 is 0 Å². The van der Waals surface area contributed by atoms with Crippen molar-refractivity contribution in [1.82, 2.24) is 9.97 Å². The Morgan fingerprint density at radius 1 is 1.16 bits per heavy atom. The second kappa shape index (κ2) is 7.85. The molecule has 2 N–H and O–H groups in total. The highest BCUT2D eigenvalue weighted by Crippen LogP contribution is 2.20. The molecule has 0 amide bonds. The lowest BCUT2D eigenvalue weighted by Crippen LogP contribution is -2.16. The number of nitrogens with two attached hydrogens (primary N) is 1. The summed E-state index contributed by atoms with van der Waals surface area (Å²) < 4.78 is 0. The van der Waals surface area contributed by atoms with E-state index in [2.05, 4.69) is 44.6 Å². The fourth-order valence-electron chi connectivity index (χ4n) is 1.94. The van der Waals surface area contributed by atoms with Gasteiger partial charge in [0, 0.05) is 16.6 Å². The van der Waals surface area contributed by atoms with E-state index in [-0.39, 0.29) is 0 Å². The molecule has 2 unspecified atom stereocenters. The zero-order valence-corrected chi connectivity index (χ0v) is 13.7. The standard InChI is InChI=1S/C15H27N3S/c1-6-11(3)19-9-15-17-12(4)14(13(5)18-15)7-10(2)8-16/h10-11H,6-9,16H2,1-5H3. The zero-order chi connectivity index (χ0) is 14.4. The first-order chi connectivity index (χ1) is 8.97. The van der Waals surface area contributed by atoms with Crippen molar-refractivity contribution in [3.05, 3.63) is 22.8 Å². The molecule has 0 bridgehead atoms. The zero-order valence-electron chi connectivity index (χ0n) is 12.9. The largest absolute Gasteiger partial charge is 0.330 e. The number of thioether (sulfide) groups is 1. The van der Waals surface area contributed by atoms with Crippen molar-refractivity contribution in [2.75, 3.05) is 6.54 Å². The molecule has 1 heterocycles. The first kappa shape index (κ1) is 16.4. The predicted molar refractivity (Wildman–Crippen MR) is 84.5 cm³/mol. The van der Waals surface area contributed by atoms with E-state index < -0.39 is 0 Å². The minimum absolute atomic E-state index is 0.487. The van der Waals surface area contributed by atoms with Gasteiger partial charge in [-0.15, -0.1) is 0 Å². The molecule has 0 aromatic carbocycles. The summed E-state index contributed by atoms with van der Waals surface area (Å²) in [6.45, 7) is 11.5. The highest BCUT2D eigenvalue weighted by Gasteiger charge is 2.12. The van der Waals surface area contributed by atoms with Gasteiger partial charge in [-0.05, 0) is 44.7 Å². The average molecular weight is 281 g/mol. The van der Waals surface area contributed by atoms with E-state index in [1.54, 1.807) is 0 Å². The predicted octanol–water partition coefficient (Wildman–Crippen LogP) is 3.26. The quantitative estimate of drug-likeness (QED) is 0.833. The molecule has 0 aliphatic heterocycles. The average Bonchev–Trinajstić information content (AvgIpc) is 2.39. The Labute approximate surface area is 121 Å². The van der Waals surface area contributed by atoms with Crippen LogP contribution in [0.2, 0.25) is 0 Å². The van der Waals surface area contributed by atoms with Gasteiger partial charge in [0.1, 0.15) is 5.82 Å². The summed E-state index contributed by atoms with van der Waals surface area (Å²) in [6, 6.07) is 0. The number of aryl methyl sites for hydroxylation is 2. The Kier molecular flexibility index (Phi) is 6.80. The van der Waals surface area contributed by atoms with Crippen molar-refractivity contribution in [3.63, 3.8) is 0 Å². The monoisotopic (exact) mass is 281 g/mol. The van der Waals surface area contributed by atoms with Gasteiger partial charge in [-0.25, -0.2) is 9.97 Å². The van der Waals surface area contributed by atoms with Crippen LogP contribution in [0.15, 0.2) is 0 Å². The van der Waals surface area contributed by atoms with Gasteiger partial charge in [-0.1, -0.05) is 20.8 Å². The lowest BCUT2D eigenvalue weighted by atomic mass is 9.99. The Hall–Kier alpha value is -0.610. The van der Waals surface area contributed by atoms with Crippen LogP contribution in [0.4, 0.5) is 0 Å². The maximum Gasteiger partial charge on any atom is 0.138 e. The van der Waals surface area contributed by atoms with Gasteiger partial charge in [0.2, 0.25) is 0 Å². The second-order valence-corrected chi connectivity index (χ2v) is 6.79. The SMILES string of the molecule is CCC(C)SCc1nc(C)c(CC(C)CN)c(C)n1. The molecule has 1 rings (SSSR count). The van der Waals surface area contributed by atoms with E-state index in [1.165, 1.54) is 12.0 Å². The molecular weight excluding hydrogens is 254 g/mol. The summed E-state index contributed by atoms with van der Waals surface area (Å²) in [5.41, 5.74) is 9.21. The summed E-state index contributed by atoms with van der Waals surface area (Å²) in [6.07, 6.45) is 2.17. The maximum atomic E-state index is 5.70. The Morgan fingerprint density at radius 2 is 1.74 bits per heavy atom. The molecule has 0 radical (unpaired) electrons. The Balaban J connectivity index is 2.78.